The van der Waals surface area contributed by atoms with Crippen LogP contribution < -0.4 is 0 Å². The maximum absolute atomic E-state index is 12.9. The molecular weight excluding hydrogens is 354 g/mol. The van der Waals surface area contributed by atoms with Crippen molar-refractivity contribution in [1.29, 1.82) is 0 Å². The highest BCUT2D eigenvalue weighted by Crippen LogP contribution is 2.32. The van der Waals surface area contributed by atoms with Gasteiger partial charge in [-0.15, -0.1) is 0 Å². The monoisotopic (exact) mass is 379 g/mol. The zero-order chi connectivity index (χ0) is 19.5. The number of carbonyl (C=O) groups excluding carboxylic acids is 1. The number of aliphatic hydroxyl groups excluding tert-OH is 1. The van der Waals surface area contributed by atoms with E-state index in [1.165, 1.54) is 0 Å². The van der Waals surface area contributed by atoms with Crippen molar-refractivity contribution in [2.45, 2.75) is 38.8 Å². The van der Waals surface area contributed by atoms with Crippen LogP contribution in [0.2, 0.25) is 0 Å². The number of amides is 1. The third-order valence-electron chi connectivity index (χ3n) is 5.46. The van der Waals surface area contributed by atoms with Crippen LogP contribution >= 0.6 is 0 Å². The van der Waals surface area contributed by atoms with Crippen LogP contribution in [0.5, 0.6) is 0 Å². The van der Waals surface area contributed by atoms with Gasteiger partial charge in [0.2, 0.25) is 0 Å². The van der Waals surface area contributed by atoms with Crippen LogP contribution in [0.25, 0.3) is 5.69 Å². The number of hydrogen-bond acceptors (Lipinski definition) is 4. The number of likely N-dealkylation sites (tertiary alicyclic amines) is 1. The van der Waals surface area contributed by atoms with Crippen molar-refractivity contribution >= 4 is 5.91 Å². The molecule has 1 amide bonds. The van der Waals surface area contributed by atoms with Crippen LogP contribution in [0.15, 0.2) is 48.8 Å². The molecule has 0 aliphatic carbocycles. The zero-order valence-corrected chi connectivity index (χ0v) is 16.0. The van der Waals surface area contributed by atoms with E-state index < -0.39 is 0 Å². The van der Waals surface area contributed by atoms with E-state index in [0.717, 1.165) is 29.8 Å². The van der Waals surface area contributed by atoms with Gasteiger partial charge in [-0.2, -0.15) is 10.2 Å². The van der Waals surface area contributed by atoms with Crippen molar-refractivity contribution in [3.05, 3.63) is 65.7 Å². The second-order valence-electron chi connectivity index (χ2n) is 7.06. The summed E-state index contributed by atoms with van der Waals surface area (Å²) in [5.74, 6) is 0.293. The highest BCUT2D eigenvalue weighted by molar-refractivity contribution is 5.92. The van der Waals surface area contributed by atoms with Crippen LogP contribution in [-0.4, -0.2) is 48.6 Å². The fourth-order valence-corrected chi connectivity index (χ4v) is 4.01. The molecule has 28 heavy (non-hydrogen) atoms. The highest BCUT2D eigenvalue weighted by atomic mass is 16.3. The smallest absolute Gasteiger partial charge is 0.272 e. The lowest BCUT2D eigenvalue weighted by Crippen LogP contribution is -2.39. The van der Waals surface area contributed by atoms with Crippen molar-refractivity contribution in [2.24, 2.45) is 0 Å². The minimum Gasteiger partial charge on any atom is -0.392 e. The molecule has 1 aromatic carbocycles. The normalized spacial score (nSPS) is 15.1. The number of rotatable bonds is 5. The summed E-state index contributed by atoms with van der Waals surface area (Å²) in [7, 11) is 0. The van der Waals surface area contributed by atoms with Crippen molar-refractivity contribution in [3.63, 3.8) is 0 Å². The molecule has 0 unspecified atom stereocenters. The van der Waals surface area contributed by atoms with E-state index in [4.69, 9.17) is 0 Å². The summed E-state index contributed by atoms with van der Waals surface area (Å²) in [4.78, 5) is 14.8. The minimum atomic E-state index is -0.0308. The Hall–Kier alpha value is -2.93. The van der Waals surface area contributed by atoms with E-state index in [1.54, 1.807) is 23.1 Å². The van der Waals surface area contributed by atoms with Crippen LogP contribution in [0.4, 0.5) is 0 Å². The number of aliphatic hydroxyl groups is 1. The molecule has 1 fully saturated rings. The summed E-state index contributed by atoms with van der Waals surface area (Å²) in [5.41, 5.74) is 3.55. The van der Waals surface area contributed by atoms with E-state index in [0.29, 0.717) is 25.3 Å². The Morgan fingerprint density at radius 2 is 1.89 bits per heavy atom. The Bertz CT molecular complexity index is 939. The van der Waals surface area contributed by atoms with Crippen molar-refractivity contribution < 1.29 is 9.90 Å². The summed E-state index contributed by atoms with van der Waals surface area (Å²) < 4.78 is 3.67. The molecule has 1 aliphatic heterocycles. The standard InChI is InChI=1S/C21H25N5O2/c1-2-25-19(8-11-22-25)21(28)24-12-9-16(10-13-24)20-17(15-27)14-23-26(20)18-6-4-3-5-7-18/h3-8,11,14,16,27H,2,9-10,12-13,15H2,1H3. The van der Waals surface area contributed by atoms with Gasteiger partial charge in [-0.3, -0.25) is 9.48 Å². The molecule has 0 radical (unpaired) electrons. The van der Waals surface area contributed by atoms with E-state index in [1.807, 2.05) is 46.8 Å². The molecular formula is C21H25N5O2. The lowest BCUT2D eigenvalue weighted by molar-refractivity contribution is 0.0698. The van der Waals surface area contributed by atoms with Gasteiger partial charge in [0, 0.05) is 37.3 Å². The molecule has 1 saturated heterocycles. The van der Waals surface area contributed by atoms with Gasteiger partial charge in [0.25, 0.3) is 5.91 Å². The number of carbonyl (C=O) groups is 1. The van der Waals surface area contributed by atoms with E-state index in [-0.39, 0.29) is 18.4 Å². The van der Waals surface area contributed by atoms with Crippen molar-refractivity contribution in [3.8, 4) is 5.69 Å². The minimum absolute atomic E-state index is 0.0308. The molecule has 0 saturated carbocycles. The predicted octanol–water partition coefficient (Wildman–Crippen LogP) is 2.60. The predicted molar refractivity (Wildman–Crippen MR) is 105 cm³/mol. The molecule has 2 aromatic heterocycles. The lowest BCUT2D eigenvalue weighted by atomic mass is 9.91. The summed E-state index contributed by atoms with van der Waals surface area (Å²) in [6.45, 7) is 4.00. The number of hydrogen-bond donors (Lipinski definition) is 1. The Kier molecular flexibility index (Phi) is 5.25. The number of benzene rings is 1. The quantitative estimate of drug-likeness (QED) is 0.739. The van der Waals surface area contributed by atoms with Gasteiger partial charge in [0.15, 0.2) is 0 Å². The van der Waals surface area contributed by atoms with E-state index in [2.05, 4.69) is 10.2 Å². The van der Waals surface area contributed by atoms with Crippen molar-refractivity contribution in [2.75, 3.05) is 13.1 Å². The molecule has 1 N–H and O–H groups in total. The fraction of sp³-hybridized carbons (Fsp3) is 0.381. The fourth-order valence-electron chi connectivity index (χ4n) is 4.01. The number of aryl methyl sites for hydroxylation is 1. The average Bonchev–Trinajstić information content (AvgIpc) is 3.40. The van der Waals surface area contributed by atoms with Gasteiger partial charge < -0.3 is 10.0 Å². The highest BCUT2D eigenvalue weighted by Gasteiger charge is 2.29. The summed E-state index contributed by atoms with van der Waals surface area (Å²) in [6, 6.07) is 11.8. The first kappa shape index (κ1) is 18.4. The largest absolute Gasteiger partial charge is 0.392 e. The molecule has 4 rings (SSSR count). The number of piperidine rings is 1. The Morgan fingerprint density at radius 3 is 2.57 bits per heavy atom. The molecule has 0 bridgehead atoms. The van der Waals surface area contributed by atoms with Gasteiger partial charge in [-0.25, -0.2) is 4.68 Å². The van der Waals surface area contributed by atoms with Crippen LogP contribution in [-0.2, 0) is 13.2 Å². The van der Waals surface area contributed by atoms with Crippen LogP contribution in [0.3, 0.4) is 0 Å². The van der Waals surface area contributed by atoms with Crippen molar-refractivity contribution in [1.82, 2.24) is 24.5 Å². The topological polar surface area (TPSA) is 76.2 Å². The first-order valence-electron chi connectivity index (χ1n) is 9.77. The first-order valence-corrected chi connectivity index (χ1v) is 9.77. The molecule has 3 aromatic rings. The Labute approximate surface area is 164 Å². The molecule has 7 heteroatoms. The molecule has 146 valence electrons. The number of aromatic nitrogens is 4. The van der Waals surface area contributed by atoms with Crippen LogP contribution in [0, 0.1) is 0 Å². The summed E-state index contributed by atoms with van der Waals surface area (Å²) in [5, 5.41) is 18.5. The second kappa shape index (κ2) is 7.98. The summed E-state index contributed by atoms with van der Waals surface area (Å²) >= 11 is 0. The number of nitrogens with zero attached hydrogens (tertiary/aromatic N) is 5. The second-order valence-corrected chi connectivity index (χ2v) is 7.06. The van der Waals surface area contributed by atoms with E-state index >= 15 is 0 Å². The zero-order valence-electron chi connectivity index (χ0n) is 16.0. The van der Waals surface area contributed by atoms with Gasteiger partial charge in [-0.1, -0.05) is 18.2 Å². The molecule has 1 aliphatic rings. The van der Waals surface area contributed by atoms with Gasteiger partial charge >= 0.3 is 0 Å². The van der Waals surface area contributed by atoms with Gasteiger partial charge in [-0.05, 0) is 38.0 Å². The van der Waals surface area contributed by atoms with Gasteiger partial charge in [0.05, 0.1) is 24.2 Å². The SMILES string of the molecule is CCn1nccc1C(=O)N1CCC(c2c(CO)cnn2-c2ccccc2)CC1. The maximum Gasteiger partial charge on any atom is 0.272 e. The third-order valence-corrected chi connectivity index (χ3v) is 5.46. The lowest BCUT2D eigenvalue weighted by Gasteiger charge is -2.32. The van der Waals surface area contributed by atoms with Gasteiger partial charge in [0.1, 0.15) is 5.69 Å². The summed E-state index contributed by atoms with van der Waals surface area (Å²) in [6.07, 6.45) is 5.12. The number of para-hydroxylation sites is 1. The first-order chi connectivity index (χ1) is 13.7. The van der Waals surface area contributed by atoms with E-state index in [9.17, 15) is 9.90 Å². The molecule has 3 heterocycles. The average molecular weight is 379 g/mol. The molecule has 0 spiro atoms. The Balaban J connectivity index is 1.53. The molecule has 7 nitrogen and oxygen atoms in total. The Morgan fingerprint density at radius 1 is 1.14 bits per heavy atom. The maximum atomic E-state index is 12.9. The third kappa shape index (κ3) is 3.33. The van der Waals surface area contributed by atoms with Crippen LogP contribution in [0.1, 0.15) is 47.4 Å². The molecule has 0 atom stereocenters.